The second-order valence-electron chi connectivity index (χ2n) is 4.37. The summed E-state index contributed by atoms with van der Waals surface area (Å²) in [5, 5.41) is 8.87. The standard InChI is InChI=1S/C13H17BrN2O2S/c14-12-3-1-11(19-12)2-4-13(18)16-7-5-15(6-8-16)9-10-17/h1-4,17H,5-10H2/b4-2+. The van der Waals surface area contributed by atoms with E-state index in [-0.39, 0.29) is 12.5 Å². The molecule has 0 saturated carbocycles. The van der Waals surface area contributed by atoms with Crippen molar-refractivity contribution in [2.45, 2.75) is 0 Å². The van der Waals surface area contributed by atoms with Crippen molar-refractivity contribution in [2.75, 3.05) is 39.3 Å². The molecule has 19 heavy (non-hydrogen) atoms. The van der Waals surface area contributed by atoms with Crippen molar-refractivity contribution in [1.82, 2.24) is 9.80 Å². The van der Waals surface area contributed by atoms with Gasteiger partial charge in [-0.1, -0.05) is 0 Å². The molecule has 1 amide bonds. The second-order valence-corrected chi connectivity index (χ2v) is 6.86. The van der Waals surface area contributed by atoms with E-state index in [2.05, 4.69) is 20.8 Å². The molecule has 4 nitrogen and oxygen atoms in total. The van der Waals surface area contributed by atoms with Crippen LogP contribution in [0.4, 0.5) is 0 Å². The fourth-order valence-electron chi connectivity index (χ4n) is 2.01. The highest BCUT2D eigenvalue weighted by molar-refractivity contribution is 9.11. The monoisotopic (exact) mass is 344 g/mol. The van der Waals surface area contributed by atoms with E-state index in [4.69, 9.17) is 5.11 Å². The van der Waals surface area contributed by atoms with Gasteiger partial charge in [-0.15, -0.1) is 11.3 Å². The summed E-state index contributed by atoms with van der Waals surface area (Å²) in [4.78, 5) is 17.1. The molecule has 1 aromatic heterocycles. The summed E-state index contributed by atoms with van der Waals surface area (Å²) in [6, 6.07) is 3.96. The van der Waals surface area contributed by atoms with Gasteiger partial charge in [0.05, 0.1) is 10.4 Å². The van der Waals surface area contributed by atoms with Gasteiger partial charge in [0.25, 0.3) is 0 Å². The van der Waals surface area contributed by atoms with Gasteiger partial charge < -0.3 is 10.0 Å². The van der Waals surface area contributed by atoms with Gasteiger partial charge in [0.2, 0.25) is 5.91 Å². The number of rotatable bonds is 4. The molecule has 0 aromatic carbocycles. The van der Waals surface area contributed by atoms with Crippen LogP contribution < -0.4 is 0 Å². The number of hydrogen-bond acceptors (Lipinski definition) is 4. The first-order valence-electron chi connectivity index (χ1n) is 6.24. The predicted molar refractivity (Wildman–Crippen MR) is 81.2 cm³/mol. The van der Waals surface area contributed by atoms with Crippen molar-refractivity contribution >= 4 is 39.2 Å². The smallest absolute Gasteiger partial charge is 0.246 e. The highest BCUT2D eigenvalue weighted by Gasteiger charge is 2.18. The first-order valence-corrected chi connectivity index (χ1v) is 7.85. The first-order chi connectivity index (χ1) is 9.19. The minimum absolute atomic E-state index is 0.0631. The summed E-state index contributed by atoms with van der Waals surface area (Å²) in [7, 11) is 0. The Labute approximate surface area is 125 Å². The molecule has 2 heterocycles. The number of thiophene rings is 1. The Hall–Kier alpha value is -0.690. The maximum absolute atomic E-state index is 12.0. The normalized spacial score (nSPS) is 17.3. The Morgan fingerprint density at radius 2 is 2.11 bits per heavy atom. The van der Waals surface area contributed by atoms with Crippen LogP contribution in [0, 0.1) is 0 Å². The number of carbonyl (C=O) groups excluding carboxylic acids is 1. The molecule has 1 aliphatic heterocycles. The molecule has 0 spiro atoms. The number of β-amino-alcohol motifs (C(OH)–C–C–N with tert-alkyl or cyclic N) is 1. The highest BCUT2D eigenvalue weighted by Crippen LogP contribution is 2.23. The van der Waals surface area contributed by atoms with Crippen LogP contribution in [-0.2, 0) is 4.79 Å². The number of aliphatic hydroxyl groups excluding tert-OH is 1. The van der Waals surface area contributed by atoms with Crippen LogP contribution >= 0.6 is 27.3 Å². The van der Waals surface area contributed by atoms with Crippen LogP contribution in [0.25, 0.3) is 6.08 Å². The molecule has 0 radical (unpaired) electrons. The van der Waals surface area contributed by atoms with Gasteiger partial charge in [-0.25, -0.2) is 0 Å². The molecule has 6 heteroatoms. The zero-order valence-corrected chi connectivity index (χ0v) is 13.0. The van der Waals surface area contributed by atoms with Crippen molar-refractivity contribution in [2.24, 2.45) is 0 Å². The summed E-state index contributed by atoms with van der Waals surface area (Å²) in [6.07, 6.45) is 3.50. The predicted octanol–water partition coefficient (Wildman–Crippen LogP) is 1.66. The Kier molecular flexibility index (Phi) is 5.57. The lowest BCUT2D eigenvalue weighted by Crippen LogP contribution is -2.48. The van der Waals surface area contributed by atoms with Gasteiger partial charge >= 0.3 is 0 Å². The van der Waals surface area contributed by atoms with E-state index in [1.807, 2.05) is 23.1 Å². The number of nitrogens with zero attached hydrogens (tertiary/aromatic N) is 2. The zero-order chi connectivity index (χ0) is 13.7. The second kappa shape index (κ2) is 7.19. The lowest BCUT2D eigenvalue weighted by Gasteiger charge is -2.33. The maximum Gasteiger partial charge on any atom is 0.246 e. The number of piperazine rings is 1. The van der Waals surface area contributed by atoms with Crippen molar-refractivity contribution in [3.63, 3.8) is 0 Å². The molecule has 1 N–H and O–H groups in total. The third-order valence-corrected chi connectivity index (χ3v) is 4.67. The molecular weight excluding hydrogens is 328 g/mol. The van der Waals surface area contributed by atoms with Crippen molar-refractivity contribution < 1.29 is 9.90 Å². The van der Waals surface area contributed by atoms with Crippen molar-refractivity contribution in [1.29, 1.82) is 0 Å². The first kappa shape index (κ1) is 14.7. The zero-order valence-electron chi connectivity index (χ0n) is 10.6. The van der Waals surface area contributed by atoms with Crippen molar-refractivity contribution in [3.8, 4) is 0 Å². The number of halogens is 1. The number of aliphatic hydroxyl groups is 1. The third-order valence-electron chi connectivity index (χ3n) is 3.08. The van der Waals surface area contributed by atoms with E-state index in [0.29, 0.717) is 6.54 Å². The molecule has 1 aromatic rings. The highest BCUT2D eigenvalue weighted by atomic mass is 79.9. The van der Waals surface area contributed by atoms with Crippen LogP contribution in [0.2, 0.25) is 0 Å². The van der Waals surface area contributed by atoms with Gasteiger partial charge in [-0.05, 0) is 34.1 Å². The van der Waals surface area contributed by atoms with Crippen LogP contribution in [0.3, 0.4) is 0 Å². The van der Waals surface area contributed by atoms with Gasteiger partial charge in [0.1, 0.15) is 0 Å². The summed E-state index contributed by atoms with van der Waals surface area (Å²) in [5.41, 5.74) is 0. The fourth-order valence-corrected chi connectivity index (χ4v) is 3.34. The summed E-state index contributed by atoms with van der Waals surface area (Å²) in [6.45, 7) is 4.02. The molecule has 0 atom stereocenters. The minimum atomic E-state index is 0.0631. The average Bonchev–Trinajstić information content (AvgIpc) is 2.83. The molecule has 104 valence electrons. The molecular formula is C13H17BrN2O2S. The summed E-state index contributed by atoms with van der Waals surface area (Å²) in [5.74, 6) is 0.0631. The quantitative estimate of drug-likeness (QED) is 0.845. The fraction of sp³-hybridized carbons (Fsp3) is 0.462. The van der Waals surface area contributed by atoms with E-state index in [0.717, 1.165) is 34.8 Å². The number of carbonyl (C=O) groups is 1. The van der Waals surface area contributed by atoms with Crippen LogP contribution in [-0.4, -0.2) is 60.1 Å². The molecule has 0 bridgehead atoms. The Bertz CT molecular complexity index is 453. The van der Waals surface area contributed by atoms with E-state index in [9.17, 15) is 4.79 Å². The largest absolute Gasteiger partial charge is 0.395 e. The lowest BCUT2D eigenvalue weighted by molar-refractivity contribution is -0.127. The Morgan fingerprint density at radius 3 is 2.68 bits per heavy atom. The van der Waals surface area contributed by atoms with Crippen LogP contribution in [0.1, 0.15) is 4.88 Å². The van der Waals surface area contributed by atoms with E-state index < -0.39 is 0 Å². The molecule has 1 fully saturated rings. The van der Waals surface area contributed by atoms with Gasteiger partial charge in [-0.2, -0.15) is 0 Å². The molecule has 0 unspecified atom stereocenters. The van der Waals surface area contributed by atoms with E-state index in [1.165, 1.54) is 0 Å². The van der Waals surface area contributed by atoms with Gasteiger partial charge in [0, 0.05) is 43.7 Å². The average molecular weight is 345 g/mol. The van der Waals surface area contributed by atoms with Gasteiger partial charge in [0.15, 0.2) is 0 Å². The van der Waals surface area contributed by atoms with Crippen LogP contribution in [0.15, 0.2) is 22.0 Å². The molecule has 2 rings (SSSR count). The lowest BCUT2D eigenvalue weighted by atomic mass is 10.3. The molecule has 1 aliphatic rings. The van der Waals surface area contributed by atoms with Gasteiger partial charge in [-0.3, -0.25) is 9.69 Å². The number of amides is 1. The van der Waals surface area contributed by atoms with E-state index in [1.54, 1.807) is 17.4 Å². The van der Waals surface area contributed by atoms with Crippen molar-refractivity contribution in [3.05, 3.63) is 26.9 Å². The summed E-state index contributed by atoms with van der Waals surface area (Å²) < 4.78 is 1.07. The van der Waals surface area contributed by atoms with Crippen LogP contribution in [0.5, 0.6) is 0 Å². The third kappa shape index (κ3) is 4.42. The Morgan fingerprint density at radius 1 is 1.37 bits per heavy atom. The SMILES string of the molecule is O=C(/C=C/c1ccc(Br)s1)N1CCN(CCO)CC1. The molecule has 1 saturated heterocycles. The maximum atomic E-state index is 12.0. The van der Waals surface area contributed by atoms with E-state index >= 15 is 0 Å². The topological polar surface area (TPSA) is 43.8 Å². The minimum Gasteiger partial charge on any atom is -0.395 e. The molecule has 0 aliphatic carbocycles. The number of hydrogen-bond donors (Lipinski definition) is 1. The Balaban J connectivity index is 1.83. The summed E-state index contributed by atoms with van der Waals surface area (Å²) >= 11 is 5.01.